The largest absolute Gasteiger partial charge is 0.467 e. The summed E-state index contributed by atoms with van der Waals surface area (Å²) in [5, 5.41) is 2.61. The maximum Gasteiger partial charge on any atom is 0.407 e. The van der Waals surface area contributed by atoms with Gasteiger partial charge < -0.3 is 19.7 Å². The zero-order valence-corrected chi connectivity index (χ0v) is 15.5. The minimum atomic E-state index is -0.780. The van der Waals surface area contributed by atoms with Crippen LogP contribution in [0.15, 0.2) is 0 Å². The topological polar surface area (TPSA) is 84.9 Å². The predicted molar refractivity (Wildman–Crippen MR) is 87.1 cm³/mol. The summed E-state index contributed by atoms with van der Waals surface area (Å²) >= 11 is 0. The van der Waals surface area contributed by atoms with Gasteiger partial charge >= 0.3 is 12.1 Å². The molecule has 7 heteroatoms. The fourth-order valence-electron chi connectivity index (χ4n) is 3.89. The van der Waals surface area contributed by atoms with Crippen LogP contribution in [0, 0.1) is 22.7 Å². The Morgan fingerprint density at radius 3 is 2.21 bits per heavy atom. The van der Waals surface area contributed by atoms with Crippen molar-refractivity contribution in [1.82, 2.24) is 10.2 Å². The van der Waals surface area contributed by atoms with Gasteiger partial charge in [-0.05, 0) is 16.7 Å². The van der Waals surface area contributed by atoms with E-state index in [0.717, 1.165) is 0 Å². The van der Waals surface area contributed by atoms with Gasteiger partial charge in [-0.25, -0.2) is 9.59 Å². The highest BCUT2D eigenvalue weighted by atomic mass is 16.5. The van der Waals surface area contributed by atoms with Crippen LogP contribution in [0.1, 0.15) is 34.6 Å². The highest BCUT2D eigenvalue weighted by molar-refractivity contribution is 5.91. The molecule has 0 aromatic heterocycles. The first-order valence-corrected chi connectivity index (χ1v) is 8.19. The van der Waals surface area contributed by atoms with Crippen molar-refractivity contribution >= 4 is 18.0 Å². The third-order valence-corrected chi connectivity index (χ3v) is 5.49. The predicted octanol–water partition coefficient (Wildman–Crippen LogP) is 1.41. The van der Waals surface area contributed by atoms with Gasteiger partial charge in [0.25, 0.3) is 0 Å². The van der Waals surface area contributed by atoms with Crippen molar-refractivity contribution in [1.29, 1.82) is 0 Å². The van der Waals surface area contributed by atoms with E-state index in [4.69, 9.17) is 4.74 Å². The first kappa shape index (κ1) is 18.5. The molecule has 1 N–H and O–H groups in total. The van der Waals surface area contributed by atoms with E-state index in [1.54, 1.807) is 4.90 Å². The Hall–Kier alpha value is -1.79. The van der Waals surface area contributed by atoms with Gasteiger partial charge in [-0.1, -0.05) is 34.6 Å². The van der Waals surface area contributed by atoms with E-state index in [1.165, 1.54) is 14.2 Å². The number of alkyl carbamates (subject to hydrolysis) is 1. The smallest absolute Gasteiger partial charge is 0.407 e. The lowest BCUT2D eigenvalue weighted by Crippen LogP contribution is -2.58. The number of nitrogens with zero attached hydrogens (tertiary/aromatic N) is 1. The number of carbonyl (C=O) groups is 3. The van der Waals surface area contributed by atoms with Crippen molar-refractivity contribution in [2.24, 2.45) is 22.7 Å². The number of ether oxygens (including phenoxy) is 2. The number of likely N-dealkylation sites (tertiary alicyclic amines) is 1. The van der Waals surface area contributed by atoms with E-state index in [-0.39, 0.29) is 23.2 Å². The second-order valence-electron chi connectivity index (χ2n) is 8.35. The Morgan fingerprint density at radius 1 is 1.17 bits per heavy atom. The number of piperidine rings is 1. The van der Waals surface area contributed by atoms with Gasteiger partial charge in [-0.15, -0.1) is 0 Å². The van der Waals surface area contributed by atoms with Gasteiger partial charge in [0, 0.05) is 12.5 Å². The van der Waals surface area contributed by atoms with Crippen LogP contribution >= 0.6 is 0 Å². The molecule has 4 atom stereocenters. The number of rotatable bonds is 3. The lowest BCUT2D eigenvalue weighted by molar-refractivity contribution is -0.154. The maximum absolute atomic E-state index is 13.1. The third kappa shape index (κ3) is 2.96. The molecule has 0 unspecified atom stereocenters. The van der Waals surface area contributed by atoms with Crippen molar-refractivity contribution in [2.75, 3.05) is 20.8 Å². The van der Waals surface area contributed by atoms with Gasteiger partial charge in [0.15, 0.2) is 0 Å². The Kier molecular flexibility index (Phi) is 4.59. The number of nitrogens with one attached hydrogen (secondary N) is 1. The van der Waals surface area contributed by atoms with Gasteiger partial charge in [-0.2, -0.15) is 0 Å². The number of hydrogen-bond donors (Lipinski definition) is 1. The van der Waals surface area contributed by atoms with Crippen LogP contribution in [0.25, 0.3) is 0 Å². The van der Waals surface area contributed by atoms with Crippen LogP contribution in [0.2, 0.25) is 0 Å². The standard InChI is InChI=1S/C17H28N2O5/c1-16(2,3)12(18-15(22)24-7)13(20)19-8-9-10(17(9,4)5)11(19)14(21)23-6/h9-12H,8H2,1-7H3,(H,18,22)/t9-,10-,11-,12+/m0/s1. The molecule has 0 aromatic carbocycles. The average Bonchev–Trinajstić information content (AvgIpc) is 2.87. The number of methoxy groups -OCH3 is 2. The molecule has 1 aliphatic carbocycles. The molecular weight excluding hydrogens is 312 g/mol. The maximum atomic E-state index is 13.1. The van der Waals surface area contributed by atoms with Gasteiger partial charge in [0.05, 0.1) is 14.2 Å². The zero-order valence-electron chi connectivity index (χ0n) is 15.5. The number of fused-ring (bicyclic) bond motifs is 1. The Labute approximate surface area is 143 Å². The molecular formula is C17H28N2O5. The molecule has 0 aromatic rings. The first-order chi connectivity index (χ1) is 11.0. The van der Waals surface area contributed by atoms with Crippen LogP contribution < -0.4 is 5.32 Å². The molecule has 0 radical (unpaired) electrons. The number of amides is 2. The van der Waals surface area contributed by atoms with E-state index in [9.17, 15) is 14.4 Å². The summed E-state index contributed by atoms with van der Waals surface area (Å²) < 4.78 is 9.56. The van der Waals surface area contributed by atoms with Crippen molar-refractivity contribution in [3.63, 3.8) is 0 Å². The summed E-state index contributed by atoms with van der Waals surface area (Å²) in [6.45, 7) is 10.3. The quantitative estimate of drug-likeness (QED) is 0.785. The summed E-state index contributed by atoms with van der Waals surface area (Å²) in [5.41, 5.74) is -0.489. The van der Waals surface area contributed by atoms with E-state index in [2.05, 4.69) is 23.9 Å². The normalized spacial score (nSPS) is 28.6. The Morgan fingerprint density at radius 2 is 1.75 bits per heavy atom. The van der Waals surface area contributed by atoms with E-state index in [0.29, 0.717) is 6.54 Å². The highest BCUT2D eigenvalue weighted by Gasteiger charge is 2.70. The van der Waals surface area contributed by atoms with Crippen LogP contribution in [0.5, 0.6) is 0 Å². The summed E-state index contributed by atoms with van der Waals surface area (Å²) in [5.74, 6) is -0.282. The minimum absolute atomic E-state index is 0.0304. The summed E-state index contributed by atoms with van der Waals surface area (Å²) in [6, 6.07) is -1.37. The lowest BCUT2D eigenvalue weighted by atomic mass is 9.85. The number of esters is 1. The molecule has 2 rings (SSSR count). The van der Waals surface area contributed by atoms with Crippen molar-refractivity contribution in [3.8, 4) is 0 Å². The number of hydrogen-bond acceptors (Lipinski definition) is 5. The molecule has 1 saturated carbocycles. The van der Waals surface area contributed by atoms with Gasteiger partial charge in [0.1, 0.15) is 12.1 Å². The molecule has 2 fully saturated rings. The highest BCUT2D eigenvalue weighted by Crippen LogP contribution is 2.65. The Balaban J connectivity index is 2.26. The second-order valence-corrected chi connectivity index (χ2v) is 8.35. The molecule has 136 valence electrons. The van der Waals surface area contributed by atoms with Crippen LogP contribution in [0.4, 0.5) is 4.79 Å². The van der Waals surface area contributed by atoms with E-state index >= 15 is 0 Å². The molecule has 1 heterocycles. The molecule has 2 aliphatic rings. The molecule has 1 aliphatic heterocycles. The fourth-order valence-corrected chi connectivity index (χ4v) is 3.89. The van der Waals surface area contributed by atoms with E-state index < -0.39 is 29.6 Å². The van der Waals surface area contributed by atoms with Crippen molar-refractivity contribution in [3.05, 3.63) is 0 Å². The zero-order chi connectivity index (χ0) is 18.4. The van der Waals surface area contributed by atoms with Gasteiger partial charge in [0.2, 0.25) is 5.91 Å². The van der Waals surface area contributed by atoms with Crippen molar-refractivity contribution < 1.29 is 23.9 Å². The van der Waals surface area contributed by atoms with Crippen molar-refractivity contribution in [2.45, 2.75) is 46.7 Å². The minimum Gasteiger partial charge on any atom is -0.467 e. The average molecular weight is 340 g/mol. The summed E-state index contributed by atoms with van der Waals surface area (Å²) in [4.78, 5) is 38.6. The molecule has 2 amide bonds. The van der Waals surface area contributed by atoms with Crippen LogP contribution in [0.3, 0.4) is 0 Å². The molecule has 1 saturated heterocycles. The molecule has 0 spiro atoms. The van der Waals surface area contributed by atoms with Crippen LogP contribution in [-0.4, -0.2) is 55.7 Å². The third-order valence-electron chi connectivity index (χ3n) is 5.49. The van der Waals surface area contributed by atoms with Gasteiger partial charge in [-0.3, -0.25) is 4.79 Å². The molecule has 24 heavy (non-hydrogen) atoms. The SMILES string of the molecule is COC(=O)N[C@H](C(=O)N1C[C@H]2[C@@H]([C@H]1C(=O)OC)C2(C)C)C(C)(C)C. The molecule has 0 bridgehead atoms. The monoisotopic (exact) mass is 340 g/mol. The Bertz CT molecular complexity index is 552. The second kappa shape index (κ2) is 5.93. The number of carbonyl (C=O) groups excluding carboxylic acids is 3. The lowest BCUT2D eigenvalue weighted by Gasteiger charge is -2.36. The summed E-state index contributed by atoms with van der Waals surface area (Å²) in [7, 11) is 2.59. The van der Waals surface area contributed by atoms with Crippen LogP contribution in [-0.2, 0) is 19.1 Å². The first-order valence-electron chi connectivity index (χ1n) is 8.19. The molecule has 7 nitrogen and oxygen atoms in total. The fraction of sp³-hybridized carbons (Fsp3) is 0.824. The summed E-state index contributed by atoms with van der Waals surface area (Å²) in [6.07, 6.45) is -0.664. The van der Waals surface area contributed by atoms with E-state index in [1.807, 2.05) is 20.8 Å².